The van der Waals surface area contributed by atoms with Gasteiger partial charge in [-0.15, -0.1) is 0 Å². The van der Waals surface area contributed by atoms with Crippen molar-refractivity contribution < 1.29 is 4.79 Å². The summed E-state index contributed by atoms with van der Waals surface area (Å²) in [5, 5.41) is 7.55. The third-order valence-electron chi connectivity index (χ3n) is 3.76. The molecule has 1 fully saturated rings. The molecule has 5 N–H and O–H groups in total. The van der Waals surface area contributed by atoms with E-state index in [0.29, 0.717) is 17.6 Å². The lowest BCUT2D eigenvalue weighted by atomic mass is 10.2. The van der Waals surface area contributed by atoms with E-state index >= 15 is 0 Å². The minimum Gasteiger partial charge on any atom is -0.367 e. The van der Waals surface area contributed by atoms with Crippen LogP contribution >= 0.6 is 0 Å². The van der Waals surface area contributed by atoms with E-state index in [-0.39, 0.29) is 0 Å². The van der Waals surface area contributed by atoms with Gasteiger partial charge < -0.3 is 21.4 Å². The van der Waals surface area contributed by atoms with E-state index in [9.17, 15) is 4.79 Å². The van der Waals surface area contributed by atoms with Gasteiger partial charge in [-0.1, -0.05) is 0 Å². The summed E-state index contributed by atoms with van der Waals surface area (Å²) in [5.74, 6) is 0.876. The van der Waals surface area contributed by atoms with Crippen LogP contribution in [0.4, 0.5) is 17.5 Å². The Balaban J connectivity index is 1.63. The number of nitrogens with zero attached hydrogens (tertiary/aromatic N) is 2. The van der Waals surface area contributed by atoms with Crippen LogP contribution in [0.5, 0.6) is 0 Å². The minimum absolute atomic E-state index is 0.448. The van der Waals surface area contributed by atoms with E-state index < -0.39 is 5.91 Å². The molecule has 4 rings (SSSR count). The first-order chi connectivity index (χ1) is 11.2. The fraction of sp³-hybridized carbons (Fsp3) is 0.188. The Morgan fingerprint density at radius 1 is 1.17 bits per heavy atom. The molecule has 1 aromatic carbocycles. The summed E-state index contributed by atoms with van der Waals surface area (Å²) in [7, 11) is 0. The van der Waals surface area contributed by atoms with Gasteiger partial charge in [-0.25, -0.2) is 0 Å². The molecule has 7 heteroatoms. The second-order valence-corrected chi connectivity index (χ2v) is 5.62. The van der Waals surface area contributed by atoms with Gasteiger partial charge >= 0.3 is 0 Å². The molecule has 2 heterocycles. The number of hydrogen-bond acceptors (Lipinski definition) is 5. The third kappa shape index (κ3) is 2.80. The second kappa shape index (κ2) is 5.28. The molecule has 0 spiro atoms. The highest BCUT2D eigenvalue weighted by atomic mass is 16.1. The van der Waals surface area contributed by atoms with Crippen molar-refractivity contribution >= 4 is 34.4 Å². The van der Waals surface area contributed by atoms with Crippen LogP contribution in [0.15, 0.2) is 36.5 Å². The highest BCUT2D eigenvalue weighted by Gasteiger charge is 2.23. The molecule has 116 valence electrons. The first kappa shape index (κ1) is 13.6. The van der Waals surface area contributed by atoms with Crippen LogP contribution in [-0.2, 0) is 0 Å². The van der Waals surface area contributed by atoms with E-state index in [2.05, 4.69) is 25.6 Å². The number of hydrogen-bond donors (Lipinski definition) is 4. The van der Waals surface area contributed by atoms with E-state index in [4.69, 9.17) is 5.73 Å². The van der Waals surface area contributed by atoms with Crippen LogP contribution < -0.4 is 16.4 Å². The van der Waals surface area contributed by atoms with Crippen molar-refractivity contribution in [2.24, 2.45) is 5.73 Å². The van der Waals surface area contributed by atoms with Crippen molar-refractivity contribution in [3.63, 3.8) is 0 Å². The predicted molar refractivity (Wildman–Crippen MR) is 88.8 cm³/mol. The average Bonchev–Trinajstić information content (AvgIpc) is 3.22. The summed E-state index contributed by atoms with van der Waals surface area (Å²) in [5.41, 5.74) is 7.27. The van der Waals surface area contributed by atoms with Crippen LogP contribution in [0.25, 0.3) is 11.0 Å². The topological polar surface area (TPSA) is 109 Å². The van der Waals surface area contributed by atoms with Crippen molar-refractivity contribution in [2.45, 2.75) is 18.9 Å². The van der Waals surface area contributed by atoms with Crippen molar-refractivity contribution in [2.75, 3.05) is 10.6 Å². The highest BCUT2D eigenvalue weighted by molar-refractivity contribution is 5.93. The Morgan fingerprint density at radius 3 is 2.65 bits per heavy atom. The molecule has 0 aliphatic heterocycles. The lowest BCUT2D eigenvalue weighted by molar-refractivity contribution is 0.100. The molecule has 0 atom stereocenters. The molecule has 7 nitrogen and oxygen atoms in total. The Kier molecular flexibility index (Phi) is 3.11. The van der Waals surface area contributed by atoms with Crippen LogP contribution in [0.2, 0.25) is 0 Å². The molecule has 0 bridgehead atoms. The molecule has 3 aromatic rings. The van der Waals surface area contributed by atoms with Crippen LogP contribution in [0.1, 0.15) is 23.2 Å². The van der Waals surface area contributed by atoms with Gasteiger partial charge in [0.05, 0.1) is 5.39 Å². The number of aromatic amines is 1. The van der Waals surface area contributed by atoms with Gasteiger partial charge in [0.25, 0.3) is 0 Å². The fourth-order valence-corrected chi connectivity index (χ4v) is 2.38. The zero-order valence-corrected chi connectivity index (χ0v) is 12.3. The Bertz CT molecular complexity index is 866. The highest BCUT2D eigenvalue weighted by Crippen LogP contribution is 2.29. The number of fused-ring (bicyclic) bond motifs is 1. The quantitative estimate of drug-likeness (QED) is 0.578. The van der Waals surface area contributed by atoms with Crippen molar-refractivity contribution in [3.8, 4) is 0 Å². The van der Waals surface area contributed by atoms with Crippen molar-refractivity contribution in [3.05, 3.63) is 42.1 Å². The molecule has 0 radical (unpaired) electrons. The minimum atomic E-state index is -0.448. The third-order valence-corrected chi connectivity index (χ3v) is 3.76. The molecule has 23 heavy (non-hydrogen) atoms. The number of aromatic nitrogens is 3. The number of rotatable bonds is 5. The number of primary amides is 1. The van der Waals surface area contributed by atoms with Gasteiger partial charge in [-0.2, -0.15) is 9.97 Å². The van der Waals surface area contributed by atoms with Gasteiger partial charge in [-0.05, 0) is 43.2 Å². The molecule has 1 saturated carbocycles. The lowest BCUT2D eigenvalue weighted by Gasteiger charge is -2.09. The average molecular weight is 308 g/mol. The van der Waals surface area contributed by atoms with Crippen molar-refractivity contribution in [1.82, 2.24) is 15.0 Å². The number of carbonyl (C=O) groups excluding carboxylic acids is 1. The predicted octanol–water partition coefficient (Wildman–Crippen LogP) is 2.37. The van der Waals surface area contributed by atoms with Gasteiger partial charge in [0, 0.05) is 23.5 Å². The van der Waals surface area contributed by atoms with E-state index in [1.165, 1.54) is 12.8 Å². The summed E-state index contributed by atoms with van der Waals surface area (Å²) < 4.78 is 0. The molecule has 1 amide bonds. The fourth-order valence-electron chi connectivity index (χ4n) is 2.38. The Hall–Kier alpha value is -3.09. The number of anilines is 3. The lowest BCUT2D eigenvalue weighted by Crippen LogP contribution is -2.10. The van der Waals surface area contributed by atoms with Crippen LogP contribution in [0, 0.1) is 0 Å². The molecule has 0 saturated heterocycles. The molecule has 1 aliphatic carbocycles. The van der Waals surface area contributed by atoms with E-state index in [1.807, 2.05) is 12.3 Å². The molecule has 0 unspecified atom stereocenters. The maximum absolute atomic E-state index is 11.1. The summed E-state index contributed by atoms with van der Waals surface area (Å²) in [6, 6.07) is 9.35. The van der Waals surface area contributed by atoms with Gasteiger partial charge in [0.2, 0.25) is 11.9 Å². The van der Waals surface area contributed by atoms with Gasteiger partial charge in [-0.3, -0.25) is 4.79 Å². The SMILES string of the molecule is NC(=O)c1ccc(Nc2nc(NC3CC3)c3cc[nH]c3n2)cc1. The van der Waals surface area contributed by atoms with E-state index in [1.54, 1.807) is 24.3 Å². The summed E-state index contributed by atoms with van der Waals surface area (Å²) in [6.07, 6.45) is 4.20. The van der Waals surface area contributed by atoms with Gasteiger partial charge in [0.1, 0.15) is 11.5 Å². The van der Waals surface area contributed by atoms with Crippen LogP contribution in [0.3, 0.4) is 0 Å². The maximum atomic E-state index is 11.1. The maximum Gasteiger partial charge on any atom is 0.248 e. The number of carbonyl (C=O) groups is 1. The van der Waals surface area contributed by atoms with Crippen LogP contribution in [-0.4, -0.2) is 26.9 Å². The Morgan fingerprint density at radius 2 is 1.96 bits per heavy atom. The van der Waals surface area contributed by atoms with E-state index in [0.717, 1.165) is 22.5 Å². The molecule has 2 aromatic heterocycles. The molecular weight excluding hydrogens is 292 g/mol. The number of H-pyrrole nitrogens is 1. The Labute approximate surface area is 132 Å². The number of amides is 1. The first-order valence-corrected chi connectivity index (χ1v) is 7.47. The second-order valence-electron chi connectivity index (χ2n) is 5.62. The number of nitrogens with two attached hydrogens (primary N) is 1. The zero-order chi connectivity index (χ0) is 15.8. The number of benzene rings is 1. The smallest absolute Gasteiger partial charge is 0.248 e. The normalized spacial score (nSPS) is 13.9. The summed E-state index contributed by atoms with van der Waals surface area (Å²) in [4.78, 5) is 23.2. The van der Waals surface area contributed by atoms with Crippen molar-refractivity contribution in [1.29, 1.82) is 0 Å². The summed E-state index contributed by atoms with van der Waals surface area (Å²) in [6.45, 7) is 0. The standard InChI is InChI=1S/C16H16N6O/c17-13(23)9-1-3-11(4-2-9)20-16-21-14-12(7-8-18-14)15(22-16)19-10-5-6-10/h1-4,7-8,10H,5-6H2,(H2,17,23)(H3,18,19,20,21,22). The van der Waals surface area contributed by atoms with Gasteiger partial charge in [0.15, 0.2) is 0 Å². The number of nitrogens with one attached hydrogen (secondary N) is 3. The molecule has 1 aliphatic rings. The monoisotopic (exact) mass is 308 g/mol. The first-order valence-electron chi connectivity index (χ1n) is 7.47. The summed E-state index contributed by atoms with van der Waals surface area (Å²) >= 11 is 0. The molecular formula is C16H16N6O. The largest absolute Gasteiger partial charge is 0.367 e. The zero-order valence-electron chi connectivity index (χ0n) is 12.3.